The number of hydrogen-bond acceptors (Lipinski definition) is 5. The molecule has 2 heterocycles. The van der Waals surface area contributed by atoms with E-state index in [9.17, 15) is 4.79 Å². The van der Waals surface area contributed by atoms with Crippen LogP contribution in [0.4, 0.5) is 5.13 Å². The quantitative estimate of drug-likeness (QED) is 0.792. The molecule has 5 nitrogen and oxygen atoms in total. The van der Waals surface area contributed by atoms with Crippen LogP contribution in [0.15, 0.2) is 40.2 Å². The first-order chi connectivity index (χ1) is 10.1. The maximum atomic E-state index is 12.0. The molecule has 0 fully saturated rings. The van der Waals surface area contributed by atoms with E-state index in [2.05, 4.69) is 15.5 Å². The van der Waals surface area contributed by atoms with E-state index in [1.807, 2.05) is 12.3 Å². The summed E-state index contributed by atoms with van der Waals surface area (Å²) < 4.78 is 5.18. The highest BCUT2D eigenvalue weighted by Crippen LogP contribution is 2.23. The van der Waals surface area contributed by atoms with Gasteiger partial charge in [0.25, 0.3) is 5.91 Å². The Bertz CT molecular complexity index is 780. The summed E-state index contributed by atoms with van der Waals surface area (Å²) in [6.07, 6.45) is 0. The van der Waals surface area contributed by atoms with Gasteiger partial charge < -0.3 is 4.52 Å². The largest absolute Gasteiger partial charge is 0.355 e. The van der Waals surface area contributed by atoms with Gasteiger partial charge in [0.2, 0.25) is 0 Å². The van der Waals surface area contributed by atoms with Crippen molar-refractivity contribution in [3.05, 3.63) is 52.1 Å². The third kappa shape index (κ3) is 3.12. The highest BCUT2D eigenvalue weighted by Gasteiger charge is 2.15. The molecule has 3 rings (SSSR count). The first kappa shape index (κ1) is 13.8. The van der Waals surface area contributed by atoms with E-state index in [1.54, 1.807) is 30.3 Å². The summed E-state index contributed by atoms with van der Waals surface area (Å²) in [5.74, 6) is 0.153. The number of hydrogen-bond donors (Lipinski definition) is 1. The normalized spacial score (nSPS) is 10.6. The number of carbonyl (C=O) groups excluding carboxylic acids is 1. The first-order valence-electron chi connectivity index (χ1n) is 6.08. The van der Waals surface area contributed by atoms with Crippen molar-refractivity contribution in [2.75, 3.05) is 5.32 Å². The third-order valence-corrected chi connectivity index (χ3v) is 3.84. The Kier molecular flexibility index (Phi) is 3.72. The summed E-state index contributed by atoms with van der Waals surface area (Å²) in [7, 11) is 0. The molecular weight excluding hydrogens is 310 g/mol. The van der Waals surface area contributed by atoms with Gasteiger partial charge in [-0.05, 0) is 31.2 Å². The van der Waals surface area contributed by atoms with Crippen molar-refractivity contribution in [2.24, 2.45) is 0 Å². The lowest BCUT2D eigenvalue weighted by atomic mass is 10.1. The summed E-state index contributed by atoms with van der Waals surface area (Å²) in [5.41, 5.74) is 1.86. The minimum atomic E-state index is -0.353. The first-order valence-corrected chi connectivity index (χ1v) is 7.34. The van der Waals surface area contributed by atoms with Crippen LogP contribution in [0, 0.1) is 6.92 Å². The Morgan fingerprint density at radius 1 is 1.33 bits per heavy atom. The molecule has 0 saturated heterocycles. The van der Waals surface area contributed by atoms with Crippen LogP contribution in [-0.4, -0.2) is 16.0 Å². The Balaban J connectivity index is 1.78. The van der Waals surface area contributed by atoms with Crippen molar-refractivity contribution in [1.82, 2.24) is 10.1 Å². The van der Waals surface area contributed by atoms with Crippen molar-refractivity contribution in [2.45, 2.75) is 6.92 Å². The minimum absolute atomic E-state index is 0.202. The van der Waals surface area contributed by atoms with Gasteiger partial charge in [-0.1, -0.05) is 16.8 Å². The molecule has 1 N–H and O–H groups in total. The number of halogens is 1. The zero-order valence-electron chi connectivity index (χ0n) is 11.0. The molecule has 0 aliphatic carbocycles. The maximum absolute atomic E-state index is 12.0. The number of aryl methyl sites for hydroxylation is 1. The molecule has 0 bridgehead atoms. The molecule has 0 aliphatic rings. The second-order valence-corrected chi connectivity index (χ2v) is 5.63. The molecule has 0 saturated carbocycles. The van der Waals surface area contributed by atoms with E-state index in [0.717, 1.165) is 11.3 Å². The number of nitrogens with zero attached hydrogens (tertiary/aromatic N) is 2. The fourth-order valence-corrected chi connectivity index (χ4v) is 2.51. The molecule has 0 aliphatic heterocycles. The van der Waals surface area contributed by atoms with Gasteiger partial charge in [0.05, 0.1) is 5.69 Å². The SMILES string of the molecule is Cc1csc(NC(=O)c2cc(-c3ccc(Cl)cc3)on2)n1. The van der Waals surface area contributed by atoms with Crippen molar-refractivity contribution >= 4 is 34.0 Å². The molecule has 0 spiro atoms. The van der Waals surface area contributed by atoms with Crippen LogP contribution >= 0.6 is 22.9 Å². The number of nitrogens with one attached hydrogen (secondary N) is 1. The lowest BCUT2D eigenvalue weighted by Gasteiger charge is -1.96. The molecule has 3 aromatic rings. The van der Waals surface area contributed by atoms with Gasteiger partial charge in [0, 0.05) is 22.0 Å². The maximum Gasteiger partial charge on any atom is 0.279 e. The third-order valence-electron chi connectivity index (χ3n) is 2.71. The van der Waals surface area contributed by atoms with Crippen molar-refractivity contribution in [3.63, 3.8) is 0 Å². The summed E-state index contributed by atoms with van der Waals surface area (Å²) in [6, 6.07) is 8.68. The fraction of sp³-hybridized carbons (Fsp3) is 0.0714. The van der Waals surface area contributed by atoms with Crippen LogP contribution in [0.2, 0.25) is 5.02 Å². The van der Waals surface area contributed by atoms with Gasteiger partial charge in [-0.2, -0.15) is 0 Å². The van der Waals surface area contributed by atoms with Crippen LogP contribution in [0.25, 0.3) is 11.3 Å². The van der Waals surface area contributed by atoms with E-state index in [1.165, 1.54) is 11.3 Å². The number of carbonyl (C=O) groups is 1. The van der Waals surface area contributed by atoms with E-state index in [4.69, 9.17) is 16.1 Å². The predicted molar refractivity (Wildman–Crippen MR) is 81.8 cm³/mol. The number of aromatic nitrogens is 2. The minimum Gasteiger partial charge on any atom is -0.355 e. The number of anilines is 1. The average Bonchev–Trinajstić information content (AvgIpc) is 3.09. The fourth-order valence-electron chi connectivity index (χ4n) is 1.70. The molecule has 2 aromatic heterocycles. The molecule has 0 unspecified atom stereocenters. The van der Waals surface area contributed by atoms with Gasteiger partial charge in [-0.3, -0.25) is 10.1 Å². The molecule has 106 valence electrons. The van der Waals surface area contributed by atoms with Crippen LogP contribution in [0.1, 0.15) is 16.2 Å². The molecule has 7 heteroatoms. The van der Waals surface area contributed by atoms with Gasteiger partial charge in [-0.25, -0.2) is 4.98 Å². The van der Waals surface area contributed by atoms with Crippen molar-refractivity contribution in [3.8, 4) is 11.3 Å². The molecule has 0 atom stereocenters. The highest BCUT2D eigenvalue weighted by atomic mass is 35.5. The predicted octanol–water partition coefficient (Wildman–Crippen LogP) is 4.01. The van der Waals surface area contributed by atoms with Crippen molar-refractivity contribution < 1.29 is 9.32 Å². The lowest BCUT2D eigenvalue weighted by molar-refractivity contribution is 0.101. The molecule has 21 heavy (non-hydrogen) atoms. The molecular formula is C14H10ClN3O2S. The molecule has 1 aromatic carbocycles. The number of thiazole rings is 1. The van der Waals surface area contributed by atoms with Gasteiger partial charge >= 0.3 is 0 Å². The Morgan fingerprint density at radius 2 is 2.10 bits per heavy atom. The zero-order valence-corrected chi connectivity index (χ0v) is 12.5. The Labute approximate surface area is 129 Å². The second-order valence-electron chi connectivity index (χ2n) is 4.33. The van der Waals surface area contributed by atoms with Crippen LogP contribution in [0.3, 0.4) is 0 Å². The lowest BCUT2D eigenvalue weighted by Crippen LogP contribution is -2.11. The summed E-state index contributed by atoms with van der Waals surface area (Å²) in [6.45, 7) is 1.86. The van der Waals surface area contributed by atoms with Gasteiger partial charge in [0.15, 0.2) is 16.6 Å². The number of benzene rings is 1. The van der Waals surface area contributed by atoms with Crippen LogP contribution in [-0.2, 0) is 0 Å². The van der Waals surface area contributed by atoms with Gasteiger partial charge in [0.1, 0.15) is 0 Å². The molecule has 1 amide bonds. The topological polar surface area (TPSA) is 68.0 Å². The Morgan fingerprint density at radius 3 is 2.76 bits per heavy atom. The summed E-state index contributed by atoms with van der Waals surface area (Å²) >= 11 is 7.19. The molecule has 0 radical (unpaired) electrons. The summed E-state index contributed by atoms with van der Waals surface area (Å²) in [4.78, 5) is 16.2. The standard InChI is InChI=1S/C14H10ClN3O2S/c1-8-7-21-14(16-8)17-13(19)11-6-12(20-18-11)9-2-4-10(15)5-3-9/h2-7H,1H3,(H,16,17,19). The van der Waals surface area contributed by atoms with Crippen LogP contribution in [0.5, 0.6) is 0 Å². The zero-order chi connectivity index (χ0) is 14.8. The smallest absolute Gasteiger partial charge is 0.279 e. The average molecular weight is 320 g/mol. The number of rotatable bonds is 3. The van der Waals surface area contributed by atoms with Gasteiger partial charge in [-0.15, -0.1) is 11.3 Å². The van der Waals surface area contributed by atoms with E-state index >= 15 is 0 Å². The van der Waals surface area contributed by atoms with E-state index < -0.39 is 0 Å². The second kappa shape index (κ2) is 5.67. The monoisotopic (exact) mass is 319 g/mol. The van der Waals surface area contributed by atoms with Crippen molar-refractivity contribution in [1.29, 1.82) is 0 Å². The van der Waals surface area contributed by atoms with Crippen LogP contribution < -0.4 is 5.32 Å². The summed E-state index contributed by atoms with van der Waals surface area (Å²) in [5, 5.41) is 9.48. The Hall–Kier alpha value is -2.18. The number of amides is 1. The van der Waals surface area contributed by atoms with E-state index in [0.29, 0.717) is 15.9 Å². The highest BCUT2D eigenvalue weighted by molar-refractivity contribution is 7.13. The van der Waals surface area contributed by atoms with E-state index in [-0.39, 0.29) is 11.6 Å².